The van der Waals surface area contributed by atoms with Gasteiger partial charge in [-0.3, -0.25) is 0 Å². The summed E-state index contributed by atoms with van der Waals surface area (Å²) in [5.41, 5.74) is 1.34. The lowest BCUT2D eigenvalue weighted by atomic mass is 9.98. The molecule has 0 spiro atoms. The average Bonchev–Trinajstić information content (AvgIpc) is 2.31. The largest absolute Gasteiger partial charge is 0.241 e. The Morgan fingerprint density at radius 2 is 1.67 bits per heavy atom. The number of nitrogens with zero attached hydrogens (tertiary/aromatic N) is 2. The van der Waals surface area contributed by atoms with E-state index in [0.717, 1.165) is 12.2 Å². The van der Waals surface area contributed by atoms with Crippen molar-refractivity contribution in [2.75, 3.05) is 0 Å². The van der Waals surface area contributed by atoms with Crippen LogP contribution in [0.5, 0.6) is 0 Å². The van der Waals surface area contributed by atoms with Crippen molar-refractivity contribution in [3.63, 3.8) is 0 Å². The lowest BCUT2D eigenvalue weighted by Gasteiger charge is -2.09. The lowest BCUT2D eigenvalue weighted by Crippen LogP contribution is -2.01. The molecule has 1 heterocycles. The Balaban J connectivity index is 2.08. The molecule has 0 bridgehead atoms. The molecular weight excluding hydrogens is 184 g/mol. The zero-order valence-corrected chi connectivity index (χ0v) is 8.80. The fraction of sp³-hybridized carbons (Fsp3) is 0.231. The monoisotopic (exact) mass is 198 g/mol. The van der Waals surface area contributed by atoms with Gasteiger partial charge in [-0.05, 0) is 17.5 Å². The number of benzene rings is 1. The van der Waals surface area contributed by atoms with Gasteiger partial charge in [-0.15, -0.1) is 0 Å². The van der Waals surface area contributed by atoms with Crippen molar-refractivity contribution in [2.24, 2.45) is 0 Å². The summed E-state index contributed by atoms with van der Waals surface area (Å²) in [5.74, 6) is 1.38. The van der Waals surface area contributed by atoms with Gasteiger partial charge in [0.25, 0.3) is 0 Å². The van der Waals surface area contributed by atoms with E-state index in [1.165, 1.54) is 5.56 Å². The van der Waals surface area contributed by atoms with Crippen LogP contribution in [0.1, 0.15) is 24.2 Å². The molecule has 0 aliphatic carbocycles. The Kier molecular flexibility index (Phi) is 3.08. The molecule has 2 heteroatoms. The van der Waals surface area contributed by atoms with E-state index in [4.69, 9.17) is 0 Å². The Morgan fingerprint density at radius 3 is 2.33 bits per heavy atom. The first-order valence-electron chi connectivity index (χ1n) is 5.17. The smallest absolute Gasteiger partial charge is 0.128 e. The maximum atomic E-state index is 4.23. The quantitative estimate of drug-likeness (QED) is 0.757. The summed E-state index contributed by atoms with van der Waals surface area (Å²) in [6.45, 7) is 2.20. The minimum Gasteiger partial charge on any atom is -0.241 e. The molecule has 1 aromatic carbocycles. The number of hydrogen-bond donors (Lipinski definition) is 0. The van der Waals surface area contributed by atoms with Crippen LogP contribution >= 0.6 is 0 Å². The van der Waals surface area contributed by atoms with Gasteiger partial charge in [0, 0.05) is 18.8 Å². The first-order chi connectivity index (χ1) is 7.36. The fourth-order valence-corrected chi connectivity index (χ4v) is 1.61. The summed E-state index contributed by atoms with van der Waals surface area (Å²) in [7, 11) is 0. The summed E-state index contributed by atoms with van der Waals surface area (Å²) in [5, 5.41) is 0. The Morgan fingerprint density at radius 1 is 1.00 bits per heavy atom. The van der Waals surface area contributed by atoms with Gasteiger partial charge >= 0.3 is 0 Å². The molecule has 15 heavy (non-hydrogen) atoms. The van der Waals surface area contributed by atoms with Crippen molar-refractivity contribution in [1.82, 2.24) is 9.97 Å². The van der Waals surface area contributed by atoms with Crippen LogP contribution in [0.15, 0.2) is 48.8 Å². The molecule has 0 aliphatic rings. The molecule has 2 rings (SSSR count). The van der Waals surface area contributed by atoms with E-state index in [0.29, 0.717) is 5.92 Å². The first-order valence-corrected chi connectivity index (χ1v) is 5.17. The molecule has 0 amide bonds. The molecule has 0 aliphatic heterocycles. The van der Waals surface area contributed by atoms with E-state index in [2.05, 4.69) is 41.2 Å². The molecule has 0 N–H and O–H groups in total. The highest BCUT2D eigenvalue weighted by Gasteiger charge is 2.06. The predicted octanol–water partition coefficient (Wildman–Crippen LogP) is 2.82. The van der Waals surface area contributed by atoms with Gasteiger partial charge < -0.3 is 0 Å². The molecule has 2 nitrogen and oxygen atoms in total. The van der Waals surface area contributed by atoms with Crippen LogP contribution in [-0.4, -0.2) is 9.97 Å². The Hall–Kier alpha value is -1.70. The van der Waals surface area contributed by atoms with Gasteiger partial charge in [0.1, 0.15) is 5.82 Å². The normalized spacial score (nSPS) is 12.3. The Bertz CT molecular complexity index is 397. The third-order valence-electron chi connectivity index (χ3n) is 2.48. The summed E-state index contributed by atoms with van der Waals surface area (Å²) in [6, 6.07) is 12.3. The van der Waals surface area contributed by atoms with Crippen molar-refractivity contribution in [1.29, 1.82) is 0 Å². The molecule has 0 saturated carbocycles. The summed E-state index contributed by atoms with van der Waals surface area (Å²) in [4.78, 5) is 8.47. The van der Waals surface area contributed by atoms with Crippen LogP contribution in [0.3, 0.4) is 0 Å². The van der Waals surface area contributed by atoms with E-state index in [9.17, 15) is 0 Å². The van der Waals surface area contributed by atoms with Crippen LogP contribution in [0.4, 0.5) is 0 Å². The van der Waals surface area contributed by atoms with Crippen LogP contribution in [0, 0.1) is 0 Å². The highest BCUT2D eigenvalue weighted by atomic mass is 14.8. The maximum Gasteiger partial charge on any atom is 0.128 e. The third-order valence-corrected chi connectivity index (χ3v) is 2.48. The van der Waals surface area contributed by atoms with Gasteiger partial charge in [0.05, 0.1) is 0 Å². The summed E-state index contributed by atoms with van der Waals surface area (Å²) >= 11 is 0. The maximum absolute atomic E-state index is 4.23. The van der Waals surface area contributed by atoms with Crippen LogP contribution in [0.2, 0.25) is 0 Å². The molecule has 1 unspecified atom stereocenters. The summed E-state index contributed by atoms with van der Waals surface area (Å²) in [6.07, 6.45) is 4.48. The van der Waals surface area contributed by atoms with E-state index in [1.54, 1.807) is 12.4 Å². The zero-order valence-electron chi connectivity index (χ0n) is 8.80. The Labute approximate surface area is 90.0 Å². The van der Waals surface area contributed by atoms with Crippen molar-refractivity contribution in [3.05, 3.63) is 60.2 Å². The highest BCUT2D eigenvalue weighted by molar-refractivity contribution is 5.19. The molecule has 0 saturated heterocycles. The molecule has 0 radical (unpaired) electrons. The van der Waals surface area contributed by atoms with Crippen molar-refractivity contribution in [2.45, 2.75) is 19.3 Å². The second-order valence-electron chi connectivity index (χ2n) is 3.68. The second kappa shape index (κ2) is 4.69. The standard InChI is InChI=1S/C13H14N2/c1-11(12-6-3-2-4-7-12)10-13-14-8-5-9-15-13/h2-9,11H,10H2,1H3. The minimum atomic E-state index is 0.466. The SMILES string of the molecule is CC(Cc1ncccn1)c1ccccc1. The molecule has 1 atom stereocenters. The van der Waals surface area contributed by atoms with Crippen molar-refractivity contribution < 1.29 is 0 Å². The highest BCUT2D eigenvalue weighted by Crippen LogP contribution is 2.17. The van der Waals surface area contributed by atoms with Gasteiger partial charge in [-0.25, -0.2) is 9.97 Å². The van der Waals surface area contributed by atoms with E-state index in [1.807, 2.05) is 12.1 Å². The van der Waals surface area contributed by atoms with Gasteiger partial charge in [0.15, 0.2) is 0 Å². The number of rotatable bonds is 3. The molecule has 2 aromatic rings. The fourth-order valence-electron chi connectivity index (χ4n) is 1.61. The van der Waals surface area contributed by atoms with Crippen LogP contribution < -0.4 is 0 Å². The van der Waals surface area contributed by atoms with Crippen LogP contribution in [0.25, 0.3) is 0 Å². The van der Waals surface area contributed by atoms with E-state index >= 15 is 0 Å². The zero-order chi connectivity index (χ0) is 10.5. The predicted molar refractivity (Wildman–Crippen MR) is 60.6 cm³/mol. The second-order valence-corrected chi connectivity index (χ2v) is 3.68. The lowest BCUT2D eigenvalue weighted by molar-refractivity contribution is 0.717. The van der Waals surface area contributed by atoms with Gasteiger partial charge in [-0.1, -0.05) is 37.3 Å². The summed E-state index contributed by atoms with van der Waals surface area (Å²) < 4.78 is 0. The average molecular weight is 198 g/mol. The van der Waals surface area contributed by atoms with Gasteiger partial charge in [0.2, 0.25) is 0 Å². The van der Waals surface area contributed by atoms with E-state index in [-0.39, 0.29) is 0 Å². The van der Waals surface area contributed by atoms with Crippen molar-refractivity contribution in [3.8, 4) is 0 Å². The van der Waals surface area contributed by atoms with E-state index < -0.39 is 0 Å². The molecule has 1 aromatic heterocycles. The molecular formula is C13H14N2. The van der Waals surface area contributed by atoms with Crippen LogP contribution in [-0.2, 0) is 6.42 Å². The third kappa shape index (κ3) is 2.62. The number of hydrogen-bond acceptors (Lipinski definition) is 2. The molecule has 0 fully saturated rings. The van der Waals surface area contributed by atoms with Gasteiger partial charge in [-0.2, -0.15) is 0 Å². The number of aromatic nitrogens is 2. The topological polar surface area (TPSA) is 25.8 Å². The minimum absolute atomic E-state index is 0.466. The van der Waals surface area contributed by atoms with Crippen molar-refractivity contribution >= 4 is 0 Å². The first kappa shape index (κ1) is 9.84. The molecule has 76 valence electrons.